The molecule has 0 spiro atoms. The van der Waals surface area contributed by atoms with Gasteiger partial charge in [-0.25, -0.2) is 4.98 Å². The molecule has 2 heterocycles. The van der Waals surface area contributed by atoms with Gasteiger partial charge < -0.3 is 9.45 Å². The third kappa shape index (κ3) is 4.07. The van der Waals surface area contributed by atoms with Crippen LogP contribution in [-0.4, -0.2) is 37.4 Å². The molecule has 9 heteroatoms. The number of amides is 1. The van der Waals surface area contributed by atoms with Gasteiger partial charge in [0.25, 0.3) is 0 Å². The Bertz CT molecular complexity index is 663. The molecule has 1 unspecified atom stereocenters. The highest BCUT2D eigenvalue weighted by atomic mass is 35.5. The maximum absolute atomic E-state index is 11.9. The Kier molecular flexibility index (Phi) is 5.40. The molecule has 1 amide bonds. The monoisotopic (exact) mass is 344 g/mol. The molecule has 0 aliphatic carbocycles. The Morgan fingerprint density at radius 1 is 1.57 bits per heavy atom. The predicted octanol–water partition coefficient (Wildman–Crippen LogP) is 2.09. The van der Waals surface area contributed by atoms with Crippen LogP contribution in [0.15, 0.2) is 24.5 Å². The third-order valence-electron chi connectivity index (χ3n) is 2.64. The van der Waals surface area contributed by atoms with Gasteiger partial charge in [0, 0.05) is 37.2 Å². The van der Waals surface area contributed by atoms with Gasteiger partial charge in [-0.2, -0.15) is 0 Å². The van der Waals surface area contributed by atoms with E-state index in [0.717, 1.165) is 5.56 Å². The molecular formula is C12H11ClN3O3S2-. The van der Waals surface area contributed by atoms with Crippen molar-refractivity contribution >= 4 is 44.9 Å². The topological polar surface area (TPSA) is 86.2 Å². The normalized spacial score (nSPS) is 12.1. The quantitative estimate of drug-likeness (QED) is 0.775. The van der Waals surface area contributed by atoms with Crippen LogP contribution in [0.2, 0.25) is 5.15 Å². The molecule has 2 rings (SSSR count). The summed E-state index contributed by atoms with van der Waals surface area (Å²) in [6.07, 6.45) is 3.21. The molecule has 112 valence electrons. The standard InChI is InChI=1S/C12H12ClN3O3S2/c1-16(9(17)4-6-21(18)19)12-10(13)15-11(20-12)8-3-2-5-14-7-8/h2-3,5,7H,4,6H2,1H3,(H,18,19)/p-1. The Balaban J connectivity index is 2.19. The minimum absolute atomic E-state index is 0.0942. The number of nitrogens with zero attached hydrogens (tertiary/aromatic N) is 3. The van der Waals surface area contributed by atoms with Crippen LogP contribution in [-0.2, 0) is 15.9 Å². The molecule has 0 N–H and O–H groups in total. The highest BCUT2D eigenvalue weighted by molar-refractivity contribution is 7.79. The van der Waals surface area contributed by atoms with Crippen molar-refractivity contribution in [2.75, 3.05) is 17.7 Å². The van der Waals surface area contributed by atoms with Crippen molar-refractivity contribution in [1.82, 2.24) is 9.97 Å². The lowest BCUT2D eigenvalue weighted by Crippen LogP contribution is -2.26. The van der Waals surface area contributed by atoms with E-state index in [2.05, 4.69) is 9.97 Å². The molecule has 0 radical (unpaired) electrons. The van der Waals surface area contributed by atoms with Crippen LogP contribution in [0.1, 0.15) is 6.42 Å². The van der Waals surface area contributed by atoms with Crippen LogP contribution in [0.3, 0.4) is 0 Å². The molecular weight excluding hydrogens is 334 g/mol. The average Bonchev–Trinajstić information content (AvgIpc) is 2.86. The Morgan fingerprint density at radius 3 is 2.95 bits per heavy atom. The first-order valence-electron chi connectivity index (χ1n) is 5.88. The van der Waals surface area contributed by atoms with Crippen molar-refractivity contribution in [1.29, 1.82) is 0 Å². The van der Waals surface area contributed by atoms with E-state index in [1.165, 1.54) is 16.2 Å². The maximum atomic E-state index is 11.9. The highest BCUT2D eigenvalue weighted by Crippen LogP contribution is 2.37. The van der Waals surface area contributed by atoms with Gasteiger partial charge in [-0.15, -0.1) is 0 Å². The van der Waals surface area contributed by atoms with Crippen molar-refractivity contribution in [2.24, 2.45) is 0 Å². The average molecular weight is 345 g/mol. The van der Waals surface area contributed by atoms with Crippen molar-refractivity contribution in [3.63, 3.8) is 0 Å². The number of pyridine rings is 1. The molecule has 21 heavy (non-hydrogen) atoms. The summed E-state index contributed by atoms with van der Waals surface area (Å²) in [7, 11) is 1.54. The van der Waals surface area contributed by atoms with Crippen LogP contribution in [0.25, 0.3) is 10.6 Å². The van der Waals surface area contributed by atoms with E-state index in [0.29, 0.717) is 10.0 Å². The van der Waals surface area contributed by atoms with E-state index in [4.69, 9.17) is 11.6 Å². The molecule has 0 aromatic carbocycles. The summed E-state index contributed by atoms with van der Waals surface area (Å²) < 4.78 is 21.0. The molecule has 6 nitrogen and oxygen atoms in total. The van der Waals surface area contributed by atoms with Crippen LogP contribution in [0.4, 0.5) is 5.00 Å². The molecule has 2 aromatic rings. The van der Waals surface area contributed by atoms with E-state index >= 15 is 0 Å². The second-order valence-electron chi connectivity index (χ2n) is 4.07. The SMILES string of the molecule is CN(C(=O)CCS(=O)[O-])c1sc(-c2cccnc2)nc1Cl. The van der Waals surface area contributed by atoms with E-state index in [1.807, 2.05) is 6.07 Å². The Hall–Kier alpha value is -1.35. The number of carbonyl (C=O) groups excluding carboxylic acids is 1. The molecule has 0 aliphatic heterocycles. The molecule has 0 fully saturated rings. The number of aromatic nitrogens is 2. The Labute approximate surface area is 133 Å². The fraction of sp³-hybridized carbons (Fsp3) is 0.250. The predicted molar refractivity (Wildman–Crippen MR) is 82.2 cm³/mol. The van der Waals surface area contributed by atoms with Gasteiger partial charge >= 0.3 is 0 Å². The lowest BCUT2D eigenvalue weighted by Gasteiger charge is -2.15. The number of rotatable bonds is 5. The number of anilines is 1. The number of hydrogen-bond acceptors (Lipinski definition) is 6. The van der Waals surface area contributed by atoms with E-state index in [-0.39, 0.29) is 23.2 Å². The smallest absolute Gasteiger partial charge is 0.228 e. The number of thiazole rings is 1. The second kappa shape index (κ2) is 7.08. The molecule has 0 bridgehead atoms. The fourth-order valence-corrected chi connectivity index (χ4v) is 3.21. The van der Waals surface area contributed by atoms with Gasteiger partial charge in [0.2, 0.25) is 5.91 Å². The third-order valence-corrected chi connectivity index (χ3v) is 4.73. The summed E-state index contributed by atoms with van der Waals surface area (Å²) in [6.45, 7) is 0. The highest BCUT2D eigenvalue weighted by Gasteiger charge is 2.19. The summed E-state index contributed by atoms with van der Waals surface area (Å²) in [5.74, 6) is -0.544. The molecule has 2 aromatic heterocycles. The van der Waals surface area contributed by atoms with Crippen molar-refractivity contribution in [2.45, 2.75) is 6.42 Å². The fourth-order valence-electron chi connectivity index (χ4n) is 1.56. The van der Waals surface area contributed by atoms with Gasteiger partial charge in [0.05, 0.1) is 0 Å². The minimum Gasteiger partial charge on any atom is -0.772 e. The van der Waals surface area contributed by atoms with Crippen molar-refractivity contribution in [3.05, 3.63) is 29.7 Å². The first-order valence-corrected chi connectivity index (χ1v) is 8.32. The summed E-state index contributed by atoms with van der Waals surface area (Å²) in [6, 6.07) is 3.62. The molecule has 0 saturated carbocycles. The van der Waals surface area contributed by atoms with Gasteiger partial charge in [-0.05, 0) is 12.1 Å². The lowest BCUT2D eigenvalue weighted by atomic mass is 10.3. The Morgan fingerprint density at radius 2 is 2.33 bits per heavy atom. The molecule has 0 aliphatic rings. The number of carbonyl (C=O) groups is 1. The summed E-state index contributed by atoms with van der Waals surface area (Å²) in [5, 5.41) is 1.34. The maximum Gasteiger partial charge on any atom is 0.228 e. The van der Waals surface area contributed by atoms with Crippen LogP contribution in [0.5, 0.6) is 0 Å². The number of hydrogen-bond donors (Lipinski definition) is 0. The van der Waals surface area contributed by atoms with E-state index in [9.17, 15) is 13.6 Å². The van der Waals surface area contributed by atoms with Crippen LogP contribution < -0.4 is 4.90 Å². The summed E-state index contributed by atoms with van der Waals surface area (Å²) >= 11 is 5.07. The summed E-state index contributed by atoms with van der Waals surface area (Å²) in [5.41, 5.74) is 0.803. The first kappa shape index (κ1) is 16.0. The summed E-state index contributed by atoms with van der Waals surface area (Å²) in [4.78, 5) is 21.4. The first-order chi connectivity index (χ1) is 9.99. The second-order valence-corrected chi connectivity index (χ2v) is 6.42. The number of halogens is 1. The largest absolute Gasteiger partial charge is 0.772 e. The lowest BCUT2D eigenvalue weighted by molar-refractivity contribution is -0.117. The molecule has 0 saturated heterocycles. The molecule has 1 atom stereocenters. The zero-order chi connectivity index (χ0) is 15.4. The van der Waals surface area contributed by atoms with Crippen LogP contribution >= 0.6 is 22.9 Å². The van der Waals surface area contributed by atoms with Gasteiger partial charge in [-0.3, -0.25) is 14.0 Å². The van der Waals surface area contributed by atoms with Gasteiger partial charge in [0.1, 0.15) is 10.0 Å². The van der Waals surface area contributed by atoms with Gasteiger partial charge in [-0.1, -0.05) is 34.0 Å². The van der Waals surface area contributed by atoms with E-state index in [1.54, 1.807) is 25.5 Å². The van der Waals surface area contributed by atoms with Crippen LogP contribution in [0, 0.1) is 0 Å². The zero-order valence-corrected chi connectivity index (χ0v) is 13.4. The zero-order valence-electron chi connectivity index (χ0n) is 11.0. The minimum atomic E-state index is -2.24. The van der Waals surface area contributed by atoms with E-state index < -0.39 is 11.1 Å². The van der Waals surface area contributed by atoms with Crippen molar-refractivity contribution in [3.8, 4) is 10.6 Å². The van der Waals surface area contributed by atoms with Gasteiger partial charge in [0.15, 0.2) is 5.15 Å². The van der Waals surface area contributed by atoms with Crippen molar-refractivity contribution < 1.29 is 13.6 Å².